The molecule has 0 aliphatic carbocycles. The summed E-state index contributed by atoms with van der Waals surface area (Å²) in [6.07, 6.45) is 20.5. The van der Waals surface area contributed by atoms with Gasteiger partial charge < -0.3 is 4.74 Å². The second kappa shape index (κ2) is 12.2. The average Bonchev–Trinajstić information content (AvgIpc) is 2.82. The second-order valence-electron chi connectivity index (χ2n) is 6.03. The number of unbranched alkanes of at least 4 members (excludes halogenated alkanes) is 11. The molecule has 0 spiro atoms. The lowest BCUT2D eigenvalue weighted by Gasteiger charge is -2.01. The molecular weight excluding hydrogens is 276 g/mol. The molecule has 1 rings (SSSR count). The lowest BCUT2D eigenvalue weighted by molar-refractivity contribution is -0.150. The van der Waals surface area contributed by atoms with Crippen LogP contribution in [0.5, 0.6) is 0 Å². The quantitative estimate of drug-likeness (QED) is 0.265. The molecule has 1 aliphatic heterocycles. The predicted molar refractivity (Wildman–Crippen MR) is 89.4 cm³/mol. The molecule has 3 heteroatoms. The third kappa shape index (κ3) is 8.81. The van der Waals surface area contributed by atoms with E-state index in [9.17, 15) is 9.59 Å². The van der Waals surface area contributed by atoms with Crippen LogP contribution in [0.15, 0.2) is 23.8 Å². The summed E-state index contributed by atoms with van der Waals surface area (Å²) in [5, 5.41) is 0. The van der Waals surface area contributed by atoms with Crippen molar-refractivity contribution < 1.29 is 14.3 Å². The first-order valence-corrected chi connectivity index (χ1v) is 8.88. The van der Waals surface area contributed by atoms with Gasteiger partial charge in [0.1, 0.15) is 0 Å². The minimum absolute atomic E-state index is 0.369. The van der Waals surface area contributed by atoms with Crippen LogP contribution in [0.1, 0.15) is 84.0 Å². The van der Waals surface area contributed by atoms with Crippen molar-refractivity contribution in [3.63, 3.8) is 0 Å². The molecule has 124 valence electrons. The van der Waals surface area contributed by atoms with Crippen molar-refractivity contribution in [2.24, 2.45) is 0 Å². The molecule has 1 aliphatic rings. The molecule has 0 bridgehead atoms. The van der Waals surface area contributed by atoms with E-state index in [1.807, 2.05) is 6.08 Å². The van der Waals surface area contributed by atoms with E-state index in [1.165, 1.54) is 70.3 Å². The van der Waals surface area contributed by atoms with Gasteiger partial charge in [-0.15, -0.1) is 0 Å². The number of carbonyl (C=O) groups is 2. The maximum Gasteiger partial charge on any atom is 0.346 e. The van der Waals surface area contributed by atoms with Crippen LogP contribution in [0.4, 0.5) is 0 Å². The van der Waals surface area contributed by atoms with E-state index in [0.29, 0.717) is 5.57 Å². The van der Waals surface area contributed by atoms with E-state index in [0.717, 1.165) is 12.8 Å². The Hall–Kier alpha value is -1.38. The Bertz CT molecular complexity index is 393. The van der Waals surface area contributed by atoms with Gasteiger partial charge in [0.05, 0.1) is 5.57 Å². The largest absolute Gasteiger partial charge is 0.386 e. The summed E-state index contributed by atoms with van der Waals surface area (Å²) in [5.74, 6) is -1.08. The number of cyclic esters (lactones) is 2. The third-order valence-electron chi connectivity index (χ3n) is 3.97. The van der Waals surface area contributed by atoms with E-state index in [2.05, 4.69) is 11.7 Å². The highest BCUT2D eigenvalue weighted by Crippen LogP contribution is 2.13. The fourth-order valence-electron chi connectivity index (χ4n) is 2.62. The van der Waals surface area contributed by atoms with Crippen LogP contribution in [0, 0.1) is 0 Å². The molecule has 0 aromatic carbocycles. The molecule has 0 radical (unpaired) electrons. The van der Waals surface area contributed by atoms with Crippen LogP contribution in [0.2, 0.25) is 0 Å². The zero-order valence-corrected chi connectivity index (χ0v) is 13.9. The Morgan fingerprint density at radius 2 is 1.41 bits per heavy atom. The average molecular weight is 306 g/mol. The number of rotatable bonds is 13. The van der Waals surface area contributed by atoms with E-state index in [-0.39, 0.29) is 0 Å². The zero-order valence-electron chi connectivity index (χ0n) is 13.9. The van der Waals surface area contributed by atoms with Crippen LogP contribution >= 0.6 is 0 Å². The minimum Gasteiger partial charge on any atom is -0.386 e. The molecule has 0 atom stereocenters. The lowest BCUT2D eigenvalue weighted by atomic mass is 10.1. The molecule has 0 saturated carbocycles. The highest BCUT2D eigenvalue weighted by atomic mass is 16.6. The summed E-state index contributed by atoms with van der Waals surface area (Å²) in [6, 6.07) is 0. The smallest absolute Gasteiger partial charge is 0.346 e. The Morgan fingerprint density at radius 1 is 0.864 bits per heavy atom. The Morgan fingerprint density at radius 3 is 1.91 bits per heavy atom. The monoisotopic (exact) mass is 306 g/mol. The molecule has 0 amide bonds. The summed E-state index contributed by atoms with van der Waals surface area (Å²) < 4.78 is 4.42. The molecule has 0 aromatic heterocycles. The van der Waals surface area contributed by atoms with Gasteiger partial charge in [0.15, 0.2) is 0 Å². The molecule has 1 heterocycles. The van der Waals surface area contributed by atoms with Gasteiger partial charge in [-0.05, 0) is 12.8 Å². The molecule has 3 nitrogen and oxygen atoms in total. The molecule has 0 aromatic rings. The predicted octanol–water partition coefficient (Wildman–Crippen LogP) is 5.25. The van der Waals surface area contributed by atoms with Crippen LogP contribution in [-0.2, 0) is 14.3 Å². The van der Waals surface area contributed by atoms with Gasteiger partial charge in [-0.3, -0.25) is 0 Å². The summed E-state index contributed by atoms with van der Waals surface area (Å²) in [4.78, 5) is 22.0. The number of carbonyl (C=O) groups excluding carboxylic acids is 2. The van der Waals surface area contributed by atoms with E-state index >= 15 is 0 Å². The van der Waals surface area contributed by atoms with Crippen molar-refractivity contribution in [2.45, 2.75) is 84.0 Å². The van der Waals surface area contributed by atoms with Crippen molar-refractivity contribution in [3.8, 4) is 0 Å². The van der Waals surface area contributed by atoms with Gasteiger partial charge >= 0.3 is 11.9 Å². The van der Waals surface area contributed by atoms with E-state index < -0.39 is 11.9 Å². The van der Waals surface area contributed by atoms with Gasteiger partial charge in [-0.1, -0.05) is 83.3 Å². The maximum atomic E-state index is 11.2. The Labute approximate surface area is 134 Å². The summed E-state index contributed by atoms with van der Waals surface area (Å²) >= 11 is 0. The molecular formula is C19H30O3. The second-order valence-corrected chi connectivity index (χ2v) is 6.03. The third-order valence-corrected chi connectivity index (χ3v) is 3.97. The minimum atomic E-state index is -0.556. The van der Waals surface area contributed by atoms with Gasteiger partial charge in [0.25, 0.3) is 0 Å². The molecule has 22 heavy (non-hydrogen) atoms. The first kappa shape index (κ1) is 18.7. The summed E-state index contributed by atoms with van der Waals surface area (Å²) in [7, 11) is 0. The zero-order chi connectivity index (χ0) is 16.0. The van der Waals surface area contributed by atoms with Crippen molar-refractivity contribution in [2.75, 3.05) is 0 Å². The van der Waals surface area contributed by atoms with E-state index in [4.69, 9.17) is 0 Å². The first-order valence-electron chi connectivity index (χ1n) is 8.88. The van der Waals surface area contributed by atoms with Crippen molar-refractivity contribution in [1.29, 1.82) is 0 Å². The van der Waals surface area contributed by atoms with Crippen LogP contribution < -0.4 is 0 Å². The van der Waals surface area contributed by atoms with Gasteiger partial charge in [-0.25, -0.2) is 9.59 Å². The molecule has 0 fully saturated rings. The lowest BCUT2D eigenvalue weighted by Crippen LogP contribution is -2.00. The van der Waals surface area contributed by atoms with Crippen molar-refractivity contribution in [1.82, 2.24) is 0 Å². The Kier molecular flexibility index (Phi) is 10.3. The van der Waals surface area contributed by atoms with Crippen LogP contribution in [0.25, 0.3) is 0 Å². The van der Waals surface area contributed by atoms with Crippen LogP contribution in [0.3, 0.4) is 0 Å². The topological polar surface area (TPSA) is 43.4 Å². The SMILES string of the molecule is CCCCCCCCCCCCCC=CC1=CC(=O)OC1=O. The standard InChI is InChI=1S/C19H30O3/c1-2-3-4-5-6-7-8-9-10-11-12-13-14-15-17-16-18(20)22-19(17)21/h14-16H,2-13H2,1H3. The summed E-state index contributed by atoms with van der Waals surface area (Å²) in [6.45, 7) is 2.26. The maximum absolute atomic E-state index is 11.2. The summed E-state index contributed by atoms with van der Waals surface area (Å²) in [5.41, 5.74) is 0.369. The van der Waals surface area contributed by atoms with Gasteiger partial charge in [0, 0.05) is 6.08 Å². The highest BCUT2D eigenvalue weighted by molar-refractivity contribution is 6.10. The fraction of sp³-hybridized carbons (Fsp3) is 0.684. The van der Waals surface area contributed by atoms with E-state index in [1.54, 1.807) is 6.08 Å². The molecule has 0 N–H and O–H groups in total. The van der Waals surface area contributed by atoms with Crippen LogP contribution in [-0.4, -0.2) is 11.9 Å². The highest BCUT2D eigenvalue weighted by Gasteiger charge is 2.20. The molecule has 0 saturated heterocycles. The van der Waals surface area contributed by atoms with Gasteiger partial charge in [-0.2, -0.15) is 0 Å². The Balaban J connectivity index is 1.87. The number of hydrogen-bond donors (Lipinski definition) is 0. The molecule has 0 unspecified atom stereocenters. The number of ether oxygens (including phenoxy) is 1. The number of esters is 2. The number of hydrogen-bond acceptors (Lipinski definition) is 3. The van der Waals surface area contributed by atoms with Gasteiger partial charge in [0.2, 0.25) is 0 Å². The first-order chi connectivity index (χ1) is 10.7. The normalized spacial score (nSPS) is 14.7. The number of allylic oxidation sites excluding steroid dienone is 1. The fourth-order valence-corrected chi connectivity index (χ4v) is 2.62. The van der Waals surface area contributed by atoms with Crippen molar-refractivity contribution >= 4 is 11.9 Å². The van der Waals surface area contributed by atoms with Crippen molar-refractivity contribution in [3.05, 3.63) is 23.8 Å².